The van der Waals surface area contributed by atoms with Gasteiger partial charge in [-0.25, -0.2) is 0 Å². The first kappa shape index (κ1) is 18.7. The largest absolute Gasteiger partial charge is 0.356 e. The Morgan fingerprint density at radius 2 is 1.62 bits per heavy atom. The van der Waals surface area contributed by atoms with Gasteiger partial charge in [0.25, 0.3) is 0 Å². The van der Waals surface area contributed by atoms with E-state index in [1.807, 2.05) is 30.3 Å². The molecule has 0 heterocycles. The van der Waals surface area contributed by atoms with Crippen molar-refractivity contribution in [1.82, 2.24) is 5.32 Å². The van der Waals surface area contributed by atoms with Gasteiger partial charge >= 0.3 is 0 Å². The number of allylic oxidation sites excluding steroid dienone is 1. The number of nitrogens with one attached hydrogen (secondary N) is 2. The maximum atomic E-state index is 12.4. The lowest BCUT2D eigenvalue weighted by atomic mass is 9.81. The van der Waals surface area contributed by atoms with Gasteiger partial charge in [-0.3, -0.25) is 9.59 Å². The number of para-hydroxylation sites is 1. The van der Waals surface area contributed by atoms with E-state index >= 15 is 0 Å². The SMILES string of the molecule is O=C(NCCC1=CCCCC1)C1CCC(C(=O)Nc2ccccc2)CC1. The van der Waals surface area contributed by atoms with E-state index in [0.717, 1.165) is 44.3 Å². The number of carbonyl (C=O) groups excluding carboxylic acids is 2. The van der Waals surface area contributed by atoms with Crippen LogP contribution in [0.3, 0.4) is 0 Å². The average Bonchev–Trinajstić information content (AvgIpc) is 2.69. The van der Waals surface area contributed by atoms with Gasteiger partial charge in [0.05, 0.1) is 0 Å². The fourth-order valence-electron chi connectivity index (χ4n) is 4.01. The van der Waals surface area contributed by atoms with Gasteiger partial charge < -0.3 is 10.6 Å². The number of hydrogen-bond donors (Lipinski definition) is 2. The highest BCUT2D eigenvalue weighted by Gasteiger charge is 2.29. The van der Waals surface area contributed by atoms with Gasteiger partial charge in [-0.05, 0) is 69.9 Å². The summed E-state index contributed by atoms with van der Waals surface area (Å²) in [6.07, 6.45) is 11.5. The van der Waals surface area contributed by atoms with Crippen molar-refractivity contribution in [2.24, 2.45) is 11.8 Å². The van der Waals surface area contributed by atoms with Crippen LogP contribution in [-0.2, 0) is 9.59 Å². The van der Waals surface area contributed by atoms with E-state index in [1.165, 1.54) is 31.3 Å². The van der Waals surface area contributed by atoms with Crippen molar-refractivity contribution in [1.29, 1.82) is 0 Å². The Bertz CT molecular complexity index is 631. The summed E-state index contributed by atoms with van der Waals surface area (Å²) in [5.74, 6) is 0.338. The smallest absolute Gasteiger partial charge is 0.227 e. The number of rotatable bonds is 6. The highest BCUT2D eigenvalue weighted by molar-refractivity contribution is 5.92. The second-order valence-electron chi connectivity index (χ2n) is 7.55. The van der Waals surface area contributed by atoms with Crippen LogP contribution in [0.1, 0.15) is 57.8 Å². The zero-order valence-corrected chi connectivity index (χ0v) is 15.5. The Morgan fingerprint density at radius 3 is 2.27 bits per heavy atom. The van der Waals surface area contributed by atoms with Crippen molar-refractivity contribution < 1.29 is 9.59 Å². The molecule has 3 rings (SSSR count). The minimum absolute atomic E-state index is 0.0200. The first-order chi connectivity index (χ1) is 12.7. The maximum absolute atomic E-state index is 12.4. The quantitative estimate of drug-likeness (QED) is 0.742. The summed E-state index contributed by atoms with van der Waals surface area (Å²) in [7, 11) is 0. The number of amides is 2. The van der Waals surface area contributed by atoms with Crippen LogP contribution in [-0.4, -0.2) is 18.4 Å². The average molecular weight is 354 g/mol. The molecule has 2 amide bonds. The van der Waals surface area contributed by atoms with Crippen molar-refractivity contribution in [2.45, 2.75) is 57.8 Å². The number of anilines is 1. The molecule has 0 unspecified atom stereocenters. The van der Waals surface area contributed by atoms with Crippen LogP contribution in [0.15, 0.2) is 42.0 Å². The molecule has 0 aliphatic heterocycles. The van der Waals surface area contributed by atoms with E-state index in [0.29, 0.717) is 0 Å². The van der Waals surface area contributed by atoms with Gasteiger partial charge in [0, 0.05) is 24.1 Å². The van der Waals surface area contributed by atoms with Crippen LogP contribution < -0.4 is 10.6 Å². The minimum Gasteiger partial charge on any atom is -0.356 e. The van der Waals surface area contributed by atoms with Gasteiger partial charge in [-0.15, -0.1) is 0 Å². The molecule has 0 spiro atoms. The lowest BCUT2D eigenvalue weighted by Gasteiger charge is -2.27. The molecule has 1 aromatic carbocycles. The second-order valence-corrected chi connectivity index (χ2v) is 7.55. The summed E-state index contributed by atoms with van der Waals surface area (Å²) < 4.78 is 0. The number of carbonyl (C=O) groups is 2. The Hall–Kier alpha value is -2.10. The van der Waals surface area contributed by atoms with Gasteiger partial charge in [0.15, 0.2) is 0 Å². The van der Waals surface area contributed by atoms with E-state index in [4.69, 9.17) is 0 Å². The first-order valence-corrected chi connectivity index (χ1v) is 10.0. The van der Waals surface area contributed by atoms with Crippen LogP contribution >= 0.6 is 0 Å². The molecule has 0 atom stereocenters. The monoisotopic (exact) mass is 354 g/mol. The summed E-state index contributed by atoms with van der Waals surface area (Å²) in [5, 5.41) is 6.08. The van der Waals surface area contributed by atoms with E-state index in [2.05, 4.69) is 16.7 Å². The Labute approximate surface area is 156 Å². The molecule has 2 aliphatic rings. The standard InChI is InChI=1S/C22H30N2O2/c25-21(23-16-15-17-7-3-1-4-8-17)18-11-13-19(14-12-18)22(26)24-20-9-5-2-6-10-20/h2,5-7,9-10,18-19H,1,3-4,8,11-16H2,(H,23,25)(H,24,26). The molecular weight excluding hydrogens is 324 g/mol. The third kappa shape index (κ3) is 5.45. The first-order valence-electron chi connectivity index (χ1n) is 10.0. The molecule has 1 saturated carbocycles. The topological polar surface area (TPSA) is 58.2 Å². The van der Waals surface area contributed by atoms with E-state index < -0.39 is 0 Å². The van der Waals surface area contributed by atoms with Gasteiger partial charge in [-0.1, -0.05) is 29.8 Å². The maximum Gasteiger partial charge on any atom is 0.227 e. The normalized spacial score (nSPS) is 23.0. The molecule has 1 fully saturated rings. The molecule has 0 saturated heterocycles. The fraction of sp³-hybridized carbons (Fsp3) is 0.545. The molecule has 140 valence electrons. The Morgan fingerprint density at radius 1 is 0.923 bits per heavy atom. The van der Waals surface area contributed by atoms with E-state index in [9.17, 15) is 9.59 Å². The van der Waals surface area contributed by atoms with Gasteiger partial charge in [-0.2, -0.15) is 0 Å². The molecule has 26 heavy (non-hydrogen) atoms. The molecule has 0 aromatic heterocycles. The van der Waals surface area contributed by atoms with Crippen LogP contribution in [0.2, 0.25) is 0 Å². The predicted octanol–water partition coefficient (Wildman–Crippen LogP) is 4.44. The van der Waals surface area contributed by atoms with Crippen molar-refractivity contribution in [3.8, 4) is 0 Å². The van der Waals surface area contributed by atoms with Crippen molar-refractivity contribution in [3.05, 3.63) is 42.0 Å². The highest BCUT2D eigenvalue weighted by Crippen LogP contribution is 2.30. The molecule has 4 heteroatoms. The zero-order chi connectivity index (χ0) is 18.2. The van der Waals surface area contributed by atoms with Crippen LogP contribution in [0.25, 0.3) is 0 Å². The summed E-state index contributed by atoms with van der Waals surface area (Å²) in [4.78, 5) is 24.7. The molecule has 4 nitrogen and oxygen atoms in total. The van der Waals surface area contributed by atoms with Crippen LogP contribution in [0.5, 0.6) is 0 Å². The Kier molecular flexibility index (Phi) is 6.87. The second kappa shape index (κ2) is 9.56. The van der Waals surface area contributed by atoms with Crippen molar-refractivity contribution in [2.75, 3.05) is 11.9 Å². The molecule has 0 bridgehead atoms. The molecule has 2 N–H and O–H groups in total. The number of hydrogen-bond acceptors (Lipinski definition) is 2. The van der Waals surface area contributed by atoms with E-state index in [-0.39, 0.29) is 23.7 Å². The Balaban J connectivity index is 1.36. The van der Waals surface area contributed by atoms with Gasteiger partial charge in [0.1, 0.15) is 0 Å². The molecule has 2 aliphatic carbocycles. The molecule has 1 aromatic rings. The van der Waals surface area contributed by atoms with Crippen molar-refractivity contribution in [3.63, 3.8) is 0 Å². The third-order valence-corrected chi connectivity index (χ3v) is 5.64. The zero-order valence-electron chi connectivity index (χ0n) is 15.5. The molecular formula is C22H30N2O2. The highest BCUT2D eigenvalue weighted by atomic mass is 16.2. The fourth-order valence-corrected chi connectivity index (χ4v) is 4.01. The summed E-state index contributed by atoms with van der Waals surface area (Å²) >= 11 is 0. The predicted molar refractivity (Wildman–Crippen MR) is 105 cm³/mol. The molecule has 0 radical (unpaired) electrons. The third-order valence-electron chi connectivity index (χ3n) is 5.64. The summed E-state index contributed by atoms with van der Waals surface area (Å²) in [6, 6.07) is 9.57. The van der Waals surface area contributed by atoms with Crippen molar-refractivity contribution >= 4 is 17.5 Å². The minimum atomic E-state index is 0.0200. The van der Waals surface area contributed by atoms with Gasteiger partial charge in [0.2, 0.25) is 11.8 Å². The lowest BCUT2D eigenvalue weighted by Crippen LogP contribution is -2.36. The van der Waals surface area contributed by atoms with Crippen LogP contribution in [0, 0.1) is 11.8 Å². The van der Waals surface area contributed by atoms with E-state index in [1.54, 1.807) is 0 Å². The van der Waals surface area contributed by atoms with Crippen LogP contribution in [0.4, 0.5) is 5.69 Å². The summed E-state index contributed by atoms with van der Waals surface area (Å²) in [5.41, 5.74) is 2.34. The number of benzene rings is 1. The summed E-state index contributed by atoms with van der Waals surface area (Å²) in [6.45, 7) is 0.749. The lowest BCUT2D eigenvalue weighted by molar-refractivity contribution is -0.128.